The number of amides is 1. The number of aromatic nitrogens is 2. The molecule has 2 heterocycles. The van der Waals surface area contributed by atoms with Gasteiger partial charge in [-0.3, -0.25) is 4.79 Å². The summed E-state index contributed by atoms with van der Waals surface area (Å²) in [5.74, 6) is -0.284. The van der Waals surface area contributed by atoms with Crippen molar-refractivity contribution in [2.75, 3.05) is 0 Å². The van der Waals surface area contributed by atoms with Crippen molar-refractivity contribution in [3.05, 3.63) is 118 Å². The summed E-state index contributed by atoms with van der Waals surface area (Å²) in [6.45, 7) is 0. The van der Waals surface area contributed by atoms with Crippen molar-refractivity contribution in [1.29, 1.82) is 0 Å². The minimum absolute atomic E-state index is 0.126. The second kappa shape index (κ2) is 9.09. The molecule has 6 nitrogen and oxygen atoms in total. The highest BCUT2D eigenvalue weighted by atomic mass is 35.5. The Labute approximate surface area is 208 Å². The number of rotatable bonds is 4. The molecule has 0 radical (unpaired) electrons. The molecule has 1 amide bonds. The van der Waals surface area contributed by atoms with E-state index in [4.69, 9.17) is 11.6 Å². The number of hydrogen-bond donors (Lipinski definition) is 3. The molecule has 36 heavy (non-hydrogen) atoms. The molecule has 1 aliphatic heterocycles. The van der Waals surface area contributed by atoms with Gasteiger partial charge in [-0.15, -0.1) is 0 Å². The molecule has 10 heteroatoms. The van der Waals surface area contributed by atoms with E-state index < -0.39 is 23.8 Å². The zero-order valence-electron chi connectivity index (χ0n) is 18.4. The van der Waals surface area contributed by atoms with Crippen molar-refractivity contribution in [3.63, 3.8) is 0 Å². The number of benzene rings is 2. The summed E-state index contributed by atoms with van der Waals surface area (Å²) in [6, 6.07) is 13.1. The standard InChI is InChI=1S/C26H18ClF3N4O2/c27-18-5-1-2-6-20(18)34-21(14-23(33-34)26(28,29)30)15-7-9-16(10-8-15)25(36)32-19-11-12-22(35)24-17(19)4-3-13-31-24/h1-14,24,31,35H,(H,32,36). The Hall–Kier alpha value is -4.24. The predicted molar refractivity (Wildman–Crippen MR) is 129 cm³/mol. The highest BCUT2D eigenvalue weighted by molar-refractivity contribution is 6.32. The van der Waals surface area contributed by atoms with E-state index in [1.165, 1.54) is 18.2 Å². The number of carbonyl (C=O) groups is 1. The maximum atomic E-state index is 13.4. The van der Waals surface area contributed by atoms with Crippen LogP contribution in [0.15, 0.2) is 102 Å². The third-order valence-electron chi connectivity index (χ3n) is 5.74. The molecule has 3 aromatic rings. The first-order valence-corrected chi connectivity index (χ1v) is 11.2. The Bertz CT molecular complexity index is 1470. The molecule has 1 aliphatic carbocycles. The monoisotopic (exact) mass is 510 g/mol. The van der Waals surface area contributed by atoms with Crippen molar-refractivity contribution < 1.29 is 23.1 Å². The lowest BCUT2D eigenvalue weighted by Crippen LogP contribution is -2.37. The number of aliphatic hydroxyl groups is 1. The molecule has 0 saturated carbocycles. The average molecular weight is 511 g/mol. The maximum Gasteiger partial charge on any atom is 0.435 e. The van der Waals surface area contributed by atoms with Gasteiger partial charge in [-0.2, -0.15) is 18.3 Å². The molecule has 182 valence electrons. The van der Waals surface area contributed by atoms with Gasteiger partial charge < -0.3 is 15.7 Å². The first-order chi connectivity index (χ1) is 17.2. The van der Waals surface area contributed by atoms with E-state index in [1.807, 2.05) is 0 Å². The number of fused-ring (bicyclic) bond motifs is 1. The summed E-state index contributed by atoms with van der Waals surface area (Å²) in [6.07, 6.45) is 3.70. The van der Waals surface area contributed by atoms with Crippen LogP contribution in [-0.4, -0.2) is 26.8 Å². The summed E-state index contributed by atoms with van der Waals surface area (Å²) in [4.78, 5) is 12.9. The number of hydrogen-bond acceptors (Lipinski definition) is 4. The molecule has 2 aliphatic rings. The molecule has 0 bridgehead atoms. The SMILES string of the molecule is O=C(NC1=CC=C(O)C2NC=CC=C12)c1ccc(-c2cc(C(F)(F)F)nn2-c2ccccc2Cl)cc1. The Morgan fingerprint density at radius 1 is 1.08 bits per heavy atom. The van der Waals surface area contributed by atoms with Crippen LogP contribution in [0.3, 0.4) is 0 Å². The number of nitrogens with zero attached hydrogens (tertiary/aromatic N) is 2. The minimum atomic E-state index is -4.65. The molecule has 1 aromatic heterocycles. The zero-order chi connectivity index (χ0) is 25.4. The van der Waals surface area contributed by atoms with Crippen LogP contribution < -0.4 is 10.6 Å². The van der Waals surface area contributed by atoms with Crippen LogP contribution in [0.1, 0.15) is 16.1 Å². The van der Waals surface area contributed by atoms with E-state index in [0.717, 1.165) is 10.7 Å². The number of alkyl halides is 3. The minimum Gasteiger partial charge on any atom is -0.510 e. The largest absolute Gasteiger partial charge is 0.510 e. The topological polar surface area (TPSA) is 79.2 Å². The number of nitrogens with one attached hydrogen (secondary N) is 2. The van der Waals surface area contributed by atoms with Crippen LogP contribution in [0.25, 0.3) is 16.9 Å². The van der Waals surface area contributed by atoms with E-state index in [0.29, 0.717) is 28.1 Å². The van der Waals surface area contributed by atoms with Gasteiger partial charge in [-0.1, -0.05) is 41.9 Å². The summed E-state index contributed by atoms with van der Waals surface area (Å²) in [5, 5.41) is 19.9. The van der Waals surface area contributed by atoms with Gasteiger partial charge in [0.25, 0.3) is 5.91 Å². The summed E-state index contributed by atoms with van der Waals surface area (Å²) in [7, 11) is 0. The lowest BCUT2D eigenvalue weighted by molar-refractivity contribution is -0.141. The third-order valence-corrected chi connectivity index (χ3v) is 6.06. The molecule has 1 atom stereocenters. The zero-order valence-corrected chi connectivity index (χ0v) is 19.2. The first kappa shape index (κ1) is 23.5. The fourth-order valence-electron chi connectivity index (χ4n) is 3.97. The Balaban J connectivity index is 1.44. The third kappa shape index (κ3) is 4.40. The first-order valence-electron chi connectivity index (χ1n) is 10.8. The second-order valence-electron chi connectivity index (χ2n) is 8.06. The van der Waals surface area contributed by atoms with Crippen LogP contribution in [0, 0.1) is 0 Å². The molecule has 1 unspecified atom stereocenters. The summed E-state index contributed by atoms with van der Waals surface area (Å²) in [5.41, 5.74) is 1.35. The lowest BCUT2D eigenvalue weighted by Gasteiger charge is -2.27. The molecule has 0 fully saturated rings. The van der Waals surface area contributed by atoms with Crippen LogP contribution in [0.4, 0.5) is 13.2 Å². The Morgan fingerprint density at radius 2 is 1.83 bits per heavy atom. The van der Waals surface area contributed by atoms with Gasteiger partial charge in [0.15, 0.2) is 5.69 Å². The quantitative estimate of drug-likeness (QED) is 0.421. The molecule has 0 saturated heterocycles. The average Bonchev–Trinajstić information content (AvgIpc) is 3.32. The van der Waals surface area contributed by atoms with Gasteiger partial charge in [-0.05, 0) is 54.8 Å². The molecular weight excluding hydrogens is 493 g/mol. The normalized spacial score (nSPS) is 16.9. The fraction of sp³-hybridized carbons (Fsp3) is 0.0769. The van der Waals surface area contributed by atoms with Gasteiger partial charge in [0.1, 0.15) is 11.8 Å². The van der Waals surface area contributed by atoms with Crippen LogP contribution in [-0.2, 0) is 6.18 Å². The second-order valence-corrected chi connectivity index (χ2v) is 8.47. The highest BCUT2D eigenvalue weighted by Gasteiger charge is 2.35. The smallest absolute Gasteiger partial charge is 0.435 e. The van der Waals surface area contributed by atoms with Crippen molar-refractivity contribution >= 4 is 17.5 Å². The van der Waals surface area contributed by atoms with Crippen LogP contribution in [0.2, 0.25) is 5.02 Å². The Kier molecular flexibility index (Phi) is 5.93. The number of halogens is 4. The van der Waals surface area contributed by atoms with Crippen LogP contribution >= 0.6 is 11.6 Å². The van der Waals surface area contributed by atoms with Gasteiger partial charge >= 0.3 is 6.18 Å². The molecule has 0 spiro atoms. The predicted octanol–water partition coefficient (Wildman–Crippen LogP) is 5.69. The van der Waals surface area contributed by atoms with Gasteiger partial charge in [0, 0.05) is 22.4 Å². The van der Waals surface area contributed by atoms with E-state index in [2.05, 4.69) is 15.7 Å². The van der Waals surface area contributed by atoms with Gasteiger partial charge in [0.05, 0.1) is 16.4 Å². The van der Waals surface area contributed by atoms with Crippen molar-refractivity contribution in [3.8, 4) is 16.9 Å². The van der Waals surface area contributed by atoms with Crippen molar-refractivity contribution in [1.82, 2.24) is 20.4 Å². The van der Waals surface area contributed by atoms with Crippen molar-refractivity contribution in [2.45, 2.75) is 12.2 Å². The van der Waals surface area contributed by atoms with E-state index in [9.17, 15) is 23.1 Å². The lowest BCUT2D eigenvalue weighted by atomic mass is 9.94. The molecular formula is C26H18ClF3N4O2. The van der Waals surface area contributed by atoms with Crippen LogP contribution in [0.5, 0.6) is 0 Å². The summed E-state index contributed by atoms with van der Waals surface area (Å²) < 4.78 is 41.5. The number of dihydropyridines is 1. The number of para-hydroxylation sites is 1. The van der Waals surface area contributed by atoms with E-state index in [-0.39, 0.29) is 16.5 Å². The highest BCUT2D eigenvalue weighted by Crippen LogP contribution is 2.34. The van der Waals surface area contributed by atoms with E-state index >= 15 is 0 Å². The molecule has 3 N–H and O–H groups in total. The van der Waals surface area contributed by atoms with E-state index in [1.54, 1.807) is 60.8 Å². The summed E-state index contributed by atoms with van der Waals surface area (Å²) >= 11 is 6.23. The molecule has 5 rings (SSSR count). The number of carbonyl (C=O) groups excluding carboxylic acids is 1. The maximum absolute atomic E-state index is 13.4. The van der Waals surface area contributed by atoms with Gasteiger partial charge in [-0.25, -0.2) is 4.68 Å². The molecule has 2 aromatic carbocycles. The van der Waals surface area contributed by atoms with Crippen molar-refractivity contribution in [2.24, 2.45) is 0 Å². The van der Waals surface area contributed by atoms with Gasteiger partial charge in [0.2, 0.25) is 0 Å². The number of allylic oxidation sites excluding steroid dienone is 4. The fourth-order valence-corrected chi connectivity index (χ4v) is 4.19. The Morgan fingerprint density at radius 3 is 2.56 bits per heavy atom. The number of aliphatic hydroxyl groups excluding tert-OH is 1.